The van der Waals surface area contributed by atoms with E-state index in [-0.39, 0.29) is 18.1 Å². The number of carbonyl (C=O) groups is 1. The zero-order valence-corrected chi connectivity index (χ0v) is 21.5. The summed E-state index contributed by atoms with van der Waals surface area (Å²) in [5.41, 5.74) is 5.35. The van der Waals surface area contributed by atoms with E-state index in [9.17, 15) is 4.79 Å². The van der Waals surface area contributed by atoms with Gasteiger partial charge in [0.2, 0.25) is 5.91 Å². The van der Waals surface area contributed by atoms with Gasteiger partial charge >= 0.3 is 0 Å². The zero-order valence-electron chi connectivity index (χ0n) is 20.7. The van der Waals surface area contributed by atoms with E-state index in [0.29, 0.717) is 25.4 Å². The molecule has 1 aliphatic rings. The second-order valence-corrected chi connectivity index (χ2v) is 10.2. The molecule has 0 N–H and O–H groups in total. The van der Waals surface area contributed by atoms with Crippen molar-refractivity contribution in [2.24, 2.45) is 0 Å². The third-order valence-electron chi connectivity index (χ3n) is 6.31. The number of aromatic nitrogens is 2. The smallest absolute Gasteiger partial charge is 0.233 e. The summed E-state index contributed by atoms with van der Waals surface area (Å²) in [7, 11) is 0. The molecule has 1 fully saturated rings. The maximum Gasteiger partial charge on any atom is 0.233 e. The first-order valence-electron chi connectivity index (χ1n) is 12.4. The number of rotatable bonds is 7. The van der Waals surface area contributed by atoms with Crippen LogP contribution in [0.2, 0.25) is 0 Å². The Bertz CT molecular complexity index is 1280. The quantitative estimate of drug-likeness (QED) is 0.294. The molecule has 0 radical (unpaired) electrons. The molecule has 0 unspecified atom stereocenters. The lowest BCUT2D eigenvalue weighted by atomic mass is 10.0. The fraction of sp³-hybridized carbons (Fsp3) is 0.267. The first-order chi connectivity index (χ1) is 17.6. The molecule has 0 spiro atoms. The number of morpholine rings is 1. The number of carbonyl (C=O) groups excluding carboxylic acids is 1. The topological polar surface area (TPSA) is 47.4 Å². The van der Waals surface area contributed by atoms with Gasteiger partial charge in [0.05, 0.1) is 35.9 Å². The van der Waals surface area contributed by atoms with Crippen molar-refractivity contribution in [1.82, 2.24) is 14.5 Å². The van der Waals surface area contributed by atoms with E-state index in [1.807, 2.05) is 49.1 Å². The number of amides is 1. The minimum absolute atomic E-state index is 0.0529. The molecule has 36 heavy (non-hydrogen) atoms. The predicted octanol–water partition coefficient (Wildman–Crippen LogP) is 5.99. The molecule has 1 saturated heterocycles. The Kier molecular flexibility index (Phi) is 7.54. The molecule has 0 aliphatic carbocycles. The van der Waals surface area contributed by atoms with Crippen molar-refractivity contribution in [3.05, 3.63) is 96.6 Å². The third-order valence-corrected chi connectivity index (χ3v) is 7.27. The van der Waals surface area contributed by atoms with E-state index in [2.05, 4.69) is 65.2 Å². The number of hydrogen-bond donors (Lipinski definition) is 0. The van der Waals surface area contributed by atoms with Crippen LogP contribution in [0.15, 0.2) is 96.2 Å². The Morgan fingerprint density at radius 2 is 1.42 bits per heavy atom. The minimum Gasteiger partial charge on any atom is -0.372 e. The van der Waals surface area contributed by atoms with E-state index in [1.54, 1.807) is 0 Å². The molecule has 2 heterocycles. The molecule has 2 atom stereocenters. The maximum atomic E-state index is 13.2. The van der Waals surface area contributed by atoms with Gasteiger partial charge in [0.25, 0.3) is 0 Å². The van der Waals surface area contributed by atoms with Gasteiger partial charge in [-0.2, -0.15) is 0 Å². The van der Waals surface area contributed by atoms with Crippen LogP contribution in [-0.2, 0) is 16.1 Å². The fourth-order valence-electron chi connectivity index (χ4n) is 4.74. The van der Waals surface area contributed by atoms with Gasteiger partial charge in [-0.05, 0) is 19.4 Å². The van der Waals surface area contributed by atoms with E-state index < -0.39 is 0 Å². The van der Waals surface area contributed by atoms with Gasteiger partial charge in [-0.3, -0.25) is 4.79 Å². The van der Waals surface area contributed by atoms with Crippen LogP contribution in [0.4, 0.5) is 0 Å². The van der Waals surface area contributed by atoms with Crippen LogP contribution < -0.4 is 0 Å². The van der Waals surface area contributed by atoms with Crippen LogP contribution in [0, 0.1) is 0 Å². The number of ether oxygens (including phenoxy) is 1. The van der Waals surface area contributed by atoms with Crippen molar-refractivity contribution in [2.45, 2.75) is 37.8 Å². The molecule has 184 valence electrons. The molecular formula is C30H31N3O2S. The number of hydrogen-bond acceptors (Lipinski definition) is 4. The van der Waals surface area contributed by atoms with Gasteiger partial charge in [-0.1, -0.05) is 103 Å². The lowest BCUT2D eigenvalue weighted by molar-refractivity contribution is -0.140. The highest BCUT2D eigenvalue weighted by Gasteiger charge is 2.27. The van der Waals surface area contributed by atoms with Crippen molar-refractivity contribution in [3.63, 3.8) is 0 Å². The second kappa shape index (κ2) is 11.1. The Labute approximate surface area is 217 Å². The van der Waals surface area contributed by atoms with Crippen LogP contribution in [0.3, 0.4) is 0 Å². The summed E-state index contributed by atoms with van der Waals surface area (Å²) in [6, 6.07) is 31.1. The van der Waals surface area contributed by atoms with Gasteiger partial charge in [0.15, 0.2) is 5.16 Å². The molecule has 1 aromatic heterocycles. The average molecular weight is 498 g/mol. The van der Waals surface area contributed by atoms with Gasteiger partial charge in [0, 0.05) is 24.2 Å². The molecule has 5 nitrogen and oxygen atoms in total. The largest absolute Gasteiger partial charge is 0.372 e. The summed E-state index contributed by atoms with van der Waals surface area (Å²) in [6.07, 6.45) is 0.106. The first kappa shape index (κ1) is 24.3. The maximum absolute atomic E-state index is 13.2. The molecule has 4 aromatic rings. The van der Waals surface area contributed by atoms with Gasteiger partial charge < -0.3 is 14.2 Å². The molecule has 5 rings (SSSR count). The lowest BCUT2D eigenvalue weighted by Crippen LogP contribution is -2.48. The number of benzene rings is 3. The van der Waals surface area contributed by atoms with Crippen LogP contribution in [0.25, 0.3) is 22.5 Å². The summed E-state index contributed by atoms with van der Waals surface area (Å²) < 4.78 is 8.07. The Balaban J connectivity index is 1.53. The van der Waals surface area contributed by atoms with Crippen LogP contribution >= 0.6 is 11.8 Å². The second-order valence-electron chi connectivity index (χ2n) is 9.24. The van der Waals surface area contributed by atoms with E-state index >= 15 is 0 Å². The highest BCUT2D eigenvalue weighted by Crippen LogP contribution is 2.36. The SMILES string of the molecule is C[C@@H]1CN(C(=O)CSc2nc(-c3ccccc3)c(-c3ccccc3)n2Cc2ccccc2)C[C@H](C)O1. The Hall–Kier alpha value is -3.35. The van der Waals surface area contributed by atoms with Crippen LogP contribution in [0.1, 0.15) is 19.4 Å². The fourth-order valence-corrected chi connectivity index (χ4v) is 5.64. The van der Waals surface area contributed by atoms with Crippen molar-refractivity contribution < 1.29 is 9.53 Å². The number of imidazole rings is 1. The Morgan fingerprint density at radius 3 is 2.03 bits per heavy atom. The summed E-state index contributed by atoms with van der Waals surface area (Å²) in [4.78, 5) is 20.2. The summed E-state index contributed by atoms with van der Waals surface area (Å²) in [5.74, 6) is 0.465. The van der Waals surface area contributed by atoms with Crippen molar-refractivity contribution >= 4 is 17.7 Å². The summed E-state index contributed by atoms with van der Waals surface area (Å²) in [5, 5.41) is 0.847. The predicted molar refractivity (Wildman–Crippen MR) is 146 cm³/mol. The monoisotopic (exact) mass is 497 g/mol. The highest BCUT2D eigenvalue weighted by atomic mass is 32.2. The first-order valence-corrected chi connectivity index (χ1v) is 13.4. The summed E-state index contributed by atoms with van der Waals surface area (Å²) in [6.45, 7) is 5.98. The van der Waals surface area contributed by atoms with E-state index in [0.717, 1.165) is 27.7 Å². The molecule has 0 saturated carbocycles. The van der Waals surface area contributed by atoms with Gasteiger partial charge in [0.1, 0.15) is 0 Å². The van der Waals surface area contributed by atoms with Crippen LogP contribution in [0.5, 0.6) is 0 Å². The highest BCUT2D eigenvalue weighted by molar-refractivity contribution is 7.99. The average Bonchev–Trinajstić information content (AvgIpc) is 3.26. The molecule has 0 bridgehead atoms. The van der Waals surface area contributed by atoms with Crippen molar-refractivity contribution in [3.8, 4) is 22.5 Å². The number of thioether (sulfide) groups is 1. The molecular weight excluding hydrogens is 466 g/mol. The molecule has 1 amide bonds. The van der Waals surface area contributed by atoms with Crippen molar-refractivity contribution in [1.29, 1.82) is 0 Å². The number of nitrogens with zero attached hydrogens (tertiary/aromatic N) is 3. The normalized spacial score (nSPS) is 17.8. The van der Waals surface area contributed by atoms with E-state index in [4.69, 9.17) is 9.72 Å². The Morgan fingerprint density at radius 1 is 0.861 bits per heavy atom. The molecule has 1 aliphatic heterocycles. The lowest BCUT2D eigenvalue weighted by Gasteiger charge is -2.35. The minimum atomic E-state index is 0.0529. The molecule has 6 heteroatoms. The summed E-state index contributed by atoms with van der Waals surface area (Å²) >= 11 is 1.51. The third kappa shape index (κ3) is 5.55. The van der Waals surface area contributed by atoms with Crippen molar-refractivity contribution in [2.75, 3.05) is 18.8 Å². The standard InChI is InChI=1S/C30H31N3O2S/c1-22-18-32(19-23(2)35-22)27(34)21-36-30-31-28(25-14-8-4-9-15-25)29(26-16-10-5-11-17-26)33(30)20-24-12-6-3-7-13-24/h3-17,22-23H,18-21H2,1-2H3/t22-,23+. The van der Waals surface area contributed by atoms with Gasteiger partial charge in [-0.15, -0.1) is 0 Å². The molecule has 3 aromatic carbocycles. The van der Waals surface area contributed by atoms with E-state index in [1.165, 1.54) is 17.3 Å². The van der Waals surface area contributed by atoms with Gasteiger partial charge in [-0.25, -0.2) is 4.98 Å². The zero-order chi connectivity index (χ0) is 24.9. The van der Waals surface area contributed by atoms with Crippen LogP contribution in [-0.4, -0.2) is 51.4 Å².